The first-order valence-corrected chi connectivity index (χ1v) is 10.2. The molecule has 7 heteroatoms. The lowest BCUT2D eigenvalue weighted by atomic mass is 10.1. The summed E-state index contributed by atoms with van der Waals surface area (Å²) in [5.74, 6) is -0.166. The Morgan fingerprint density at radius 1 is 1.14 bits per heavy atom. The average molecular weight is 407 g/mol. The first-order valence-electron chi connectivity index (χ1n) is 9.28. The Bertz CT molecular complexity index is 1090. The van der Waals surface area contributed by atoms with Crippen molar-refractivity contribution in [2.24, 2.45) is 0 Å². The highest BCUT2D eigenvalue weighted by Gasteiger charge is 2.25. The number of anilines is 2. The number of carbonyl (C=O) groups excluding carboxylic acids is 2. The van der Waals surface area contributed by atoms with Gasteiger partial charge in [0.05, 0.1) is 18.5 Å². The Morgan fingerprint density at radius 3 is 2.62 bits per heavy atom. The molecule has 2 heterocycles. The minimum Gasteiger partial charge on any atom is -0.452 e. The zero-order valence-corrected chi connectivity index (χ0v) is 17.3. The van der Waals surface area contributed by atoms with E-state index < -0.39 is 0 Å². The molecule has 1 aliphatic rings. The summed E-state index contributed by atoms with van der Waals surface area (Å²) in [5.41, 5.74) is 6.44. The monoisotopic (exact) mass is 407 g/mol. The van der Waals surface area contributed by atoms with Gasteiger partial charge in [0.1, 0.15) is 0 Å². The number of methoxy groups -OCH3 is 1. The third-order valence-electron chi connectivity index (χ3n) is 4.87. The van der Waals surface area contributed by atoms with E-state index in [9.17, 15) is 9.59 Å². The van der Waals surface area contributed by atoms with Crippen LogP contribution >= 0.6 is 11.3 Å². The van der Waals surface area contributed by atoms with Crippen molar-refractivity contribution in [2.75, 3.05) is 23.9 Å². The van der Waals surface area contributed by atoms with Gasteiger partial charge >= 0.3 is 6.09 Å². The van der Waals surface area contributed by atoms with Gasteiger partial charge in [-0.3, -0.25) is 15.0 Å². The molecule has 1 aliphatic heterocycles. The van der Waals surface area contributed by atoms with Crippen LogP contribution in [0.3, 0.4) is 0 Å². The third kappa shape index (κ3) is 3.86. The van der Waals surface area contributed by atoms with E-state index in [0.29, 0.717) is 17.2 Å². The Labute approximate surface area is 173 Å². The highest BCUT2D eigenvalue weighted by atomic mass is 32.1. The van der Waals surface area contributed by atoms with Gasteiger partial charge < -0.3 is 4.74 Å². The van der Waals surface area contributed by atoms with Crippen molar-refractivity contribution in [3.8, 4) is 11.3 Å². The van der Waals surface area contributed by atoms with Crippen molar-refractivity contribution in [2.45, 2.75) is 20.3 Å². The van der Waals surface area contributed by atoms with Crippen LogP contribution in [-0.2, 0) is 11.2 Å². The van der Waals surface area contributed by atoms with Gasteiger partial charge in [-0.15, -0.1) is 11.3 Å². The zero-order chi connectivity index (χ0) is 20.5. The van der Waals surface area contributed by atoms with Crippen LogP contribution in [0.4, 0.5) is 15.6 Å². The number of thiazole rings is 1. The van der Waals surface area contributed by atoms with E-state index in [1.54, 1.807) is 4.90 Å². The molecule has 0 saturated heterocycles. The number of nitrogens with one attached hydrogen (secondary N) is 1. The van der Waals surface area contributed by atoms with Crippen molar-refractivity contribution < 1.29 is 14.3 Å². The Kier molecular flexibility index (Phi) is 5.07. The molecule has 2 amide bonds. The molecule has 2 aromatic carbocycles. The summed E-state index contributed by atoms with van der Waals surface area (Å²) in [6.45, 7) is 4.56. The molecule has 1 N–H and O–H groups in total. The normalized spacial score (nSPS) is 12.6. The largest absolute Gasteiger partial charge is 0.452 e. The van der Waals surface area contributed by atoms with Gasteiger partial charge in [0.25, 0.3) is 5.91 Å². The van der Waals surface area contributed by atoms with Gasteiger partial charge in [-0.05, 0) is 50.1 Å². The van der Waals surface area contributed by atoms with E-state index in [4.69, 9.17) is 4.74 Å². The number of aromatic nitrogens is 1. The maximum Gasteiger partial charge on any atom is 0.414 e. The number of hydrogen-bond acceptors (Lipinski definition) is 5. The Morgan fingerprint density at radius 2 is 1.90 bits per heavy atom. The predicted octanol–water partition coefficient (Wildman–Crippen LogP) is 4.81. The molecule has 1 aromatic heterocycles. The second-order valence-corrected chi connectivity index (χ2v) is 7.94. The zero-order valence-electron chi connectivity index (χ0n) is 16.5. The Hall–Kier alpha value is -3.19. The molecule has 29 heavy (non-hydrogen) atoms. The van der Waals surface area contributed by atoms with Crippen LogP contribution in [-0.4, -0.2) is 30.6 Å². The van der Waals surface area contributed by atoms with Crippen LogP contribution in [0.25, 0.3) is 11.3 Å². The molecule has 0 unspecified atom stereocenters. The van der Waals surface area contributed by atoms with Gasteiger partial charge in [-0.1, -0.05) is 23.3 Å². The maximum absolute atomic E-state index is 12.6. The van der Waals surface area contributed by atoms with Crippen molar-refractivity contribution in [3.63, 3.8) is 0 Å². The molecular formula is C22H21N3O3S. The molecule has 0 saturated carbocycles. The number of aryl methyl sites for hydroxylation is 2. The van der Waals surface area contributed by atoms with Gasteiger partial charge in [0.2, 0.25) is 0 Å². The molecule has 4 rings (SSSR count). The molecule has 3 aromatic rings. The van der Waals surface area contributed by atoms with Crippen molar-refractivity contribution in [1.82, 2.24) is 4.98 Å². The first-order chi connectivity index (χ1) is 13.9. The van der Waals surface area contributed by atoms with Crippen LogP contribution in [0.2, 0.25) is 0 Å². The number of ether oxygens (including phenoxy) is 1. The highest BCUT2D eigenvalue weighted by molar-refractivity contribution is 7.14. The molecule has 0 spiro atoms. The molecule has 6 nitrogen and oxygen atoms in total. The topological polar surface area (TPSA) is 71.5 Å². The summed E-state index contributed by atoms with van der Waals surface area (Å²) in [5, 5.41) is 5.36. The van der Waals surface area contributed by atoms with E-state index in [-0.39, 0.29) is 12.0 Å². The summed E-state index contributed by atoms with van der Waals surface area (Å²) in [7, 11) is 1.39. The van der Waals surface area contributed by atoms with Crippen LogP contribution in [0, 0.1) is 13.8 Å². The Balaban J connectivity index is 1.52. The molecule has 0 fully saturated rings. The van der Waals surface area contributed by atoms with Crippen molar-refractivity contribution >= 4 is 34.2 Å². The molecule has 148 valence electrons. The summed E-state index contributed by atoms with van der Waals surface area (Å²) >= 11 is 1.39. The van der Waals surface area contributed by atoms with Gasteiger partial charge in [-0.2, -0.15) is 0 Å². The summed E-state index contributed by atoms with van der Waals surface area (Å²) in [6, 6.07) is 11.7. The van der Waals surface area contributed by atoms with Crippen LogP contribution in [0.1, 0.15) is 27.0 Å². The minimum atomic E-state index is -0.346. The third-order valence-corrected chi connectivity index (χ3v) is 5.63. The fraction of sp³-hybridized carbons (Fsp3) is 0.227. The average Bonchev–Trinajstić information content (AvgIpc) is 3.33. The van der Waals surface area contributed by atoms with Crippen molar-refractivity contribution in [3.05, 3.63) is 64.0 Å². The van der Waals surface area contributed by atoms with Gasteiger partial charge in [0, 0.05) is 23.1 Å². The molecular weight excluding hydrogens is 386 g/mol. The second kappa shape index (κ2) is 7.67. The fourth-order valence-corrected chi connectivity index (χ4v) is 4.31. The molecule has 0 atom stereocenters. The number of benzene rings is 2. The fourth-order valence-electron chi connectivity index (χ4n) is 3.60. The van der Waals surface area contributed by atoms with E-state index in [0.717, 1.165) is 40.1 Å². The lowest BCUT2D eigenvalue weighted by Gasteiger charge is -2.15. The quantitative estimate of drug-likeness (QED) is 0.676. The first kappa shape index (κ1) is 19.1. The number of rotatable bonds is 3. The van der Waals surface area contributed by atoms with E-state index in [2.05, 4.69) is 10.3 Å². The predicted molar refractivity (Wildman–Crippen MR) is 115 cm³/mol. The smallest absolute Gasteiger partial charge is 0.414 e. The molecule has 0 radical (unpaired) electrons. The number of fused-ring (bicyclic) bond motifs is 1. The van der Waals surface area contributed by atoms with Crippen LogP contribution in [0.5, 0.6) is 0 Å². The summed E-state index contributed by atoms with van der Waals surface area (Å²) in [6.07, 6.45) is 0.431. The summed E-state index contributed by atoms with van der Waals surface area (Å²) in [4.78, 5) is 30.6. The number of nitrogens with zero attached hydrogens (tertiary/aromatic N) is 2. The highest BCUT2D eigenvalue weighted by Crippen LogP contribution is 2.33. The second-order valence-electron chi connectivity index (χ2n) is 7.08. The minimum absolute atomic E-state index is 0.166. The van der Waals surface area contributed by atoms with Crippen LogP contribution in [0.15, 0.2) is 41.8 Å². The van der Waals surface area contributed by atoms with Gasteiger partial charge in [-0.25, -0.2) is 9.78 Å². The SMILES string of the molecule is COC(=O)N1CCc2cc(-c3csc(NC(=O)c4cc(C)cc(C)c4)n3)ccc21. The van der Waals surface area contributed by atoms with Gasteiger partial charge in [0.15, 0.2) is 5.13 Å². The number of carbonyl (C=O) groups is 2. The number of amides is 2. The lowest BCUT2D eigenvalue weighted by Crippen LogP contribution is -2.28. The number of hydrogen-bond donors (Lipinski definition) is 1. The molecule has 0 bridgehead atoms. The maximum atomic E-state index is 12.6. The van der Waals surface area contributed by atoms with E-state index in [1.807, 2.05) is 55.6 Å². The van der Waals surface area contributed by atoms with E-state index in [1.165, 1.54) is 18.4 Å². The molecule has 0 aliphatic carbocycles. The standard InChI is InChI=1S/C22H21N3O3S/c1-13-8-14(2)10-17(9-13)20(26)24-21-23-18(12-29-21)15-4-5-19-16(11-15)6-7-25(19)22(27)28-3/h4-5,8-12H,6-7H2,1-3H3,(H,23,24,26). The summed E-state index contributed by atoms with van der Waals surface area (Å²) < 4.78 is 4.83. The van der Waals surface area contributed by atoms with Crippen molar-refractivity contribution in [1.29, 1.82) is 0 Å². The van der Waals surface area contributed by atoms with Crippen LogP contribution < -0.4 is 10.2 Å². The van der Waals surface area contributed by atoms with E-state index >= 15 is 0 Å². The lowest BCUT2D eigenvalue weighted by molar-refractivity contribution is 0.102.